The van der Waals surface area contributed by atoms with Crippen molar-refractivity contribution in [1.82, 2.24) is 5.32 Å². The van der Waals surface area contributed by atoms with Crippen molar-refractivity contribution in [2.75, 3.05) is 6.61 Å². The summed E-state index contributed by atoms with van der Waals surface area (Å²) in [5.74, 6) is -0.108. The maximum absolute atomic E-state index is 12.4. The minimum absolute atomic E-state index is 0.108. The molecule has 0 spiro atoms. The van der Waals surface area contributed by atoms with E-state index in [0.29, 0.717) is 6.42 Å². The Balaban J connectivity index is 3.66. The van der Waals surface area contributed by atoms with Gasteiger partial charge in [-0.05, 0) is 70.6 Å². The molecule has 0 rings (SSSR count). The van der Waals surface area contributed by atoms with Crippen LogP contribution in [0.4, 0.5) is 0 Å². The topological polar surface area (TPSA) is 69.6 Å². The molecule has 0 saturated heterocycles. The predicted molar refractivity (Wildman–Crippen MR) is 248 cm³/mol. The molecule has 0 radical (unpaired) electrons. The molecular formula is C52H91NO3. The fourth-order valence-corrected chi connectivity index (χ4v) is 6.77. The van der Waals surface area contributed by atoms with E-state index in [0.717, 1.165) is 70.6 Å². The number of amides is 1. The van der Waals surface area contributed by atoms with Gasteiger partial charge in [-0.15, -0.1) is 0 Å². The summed E-state index contributed by atoms with van der Waals surface area (Å²) in [5.41, 5.74) is 0. The highest BCUT2D eigenvalue weighted by Crippen LogP contribution is 2.15. The van der Waals surface area contributed by atoms with Crippen molar-refractivity contribution in [2.24, 2.45) is 0 Å². The maximum atomic E-state index is 12.4. The van der Waals surface area contributed by atoms with Crippen LogP contribution in [-0.2, 0) is 4.79 Å². The Hall–Kier alpha value is -2.43. The summed E-state index contributed by atoms with van der Waals surface area (Å²) in [6.07, 6.45) is 68.5. The molecule has 0 aliphatic rings. The van der Waals surface area contributed by atoms with Crippen molar-refractivity contribution in [2.45, 2.75) is 231 Å². The first-order valence-corrected chi connectivity index (χ1v) is 23.8. The number of unbranched alkanes of at least 4 members (excludes halogenated alkanes) is 23. The first kappa shape index (κ1) is 53.6. The lowest BCUT2D eigenvalue weighted by molar-refractivity contribution is -0.123. The number of aliphatic hydroxyl groups excluding tert-OH is 2. The van der Waals surface area contributed by atoms with Crippen LogP contribution in [0, 0.1) is 0 Å². The molecule has 322 valence electrons. The highest BCUT2D eigenvalue weighted by atomic mass is 16.3. The Labute approximate surface area is 348 Å². The molecule has 0 bridgehead atoms. The molecule has 0 aromatic heterocycles. The van der Waals surface area contributed by atoms with Gasteiger partial charge in [0.05, 0.1) is 18.8 Å². The third kappa shape index (κ3) is 42.7. The van der Waals surface area contributed by atoms with E-state index in [1.165, 1.54) is 128 Å². The molecule has 3 N–H and O–H groups in total. The van der Waals surface area contributed by atoms with Crippen LogP contribution in [0.1, 0.15) is 219 Å². The lowest BCUT2D eigenvalue weighted by Crippen LogP contribution is -2.45. The average molecular weight is 778 g/mol. The number of carbonyl (C=O) groups is 1. The normalized spacial score (nSPS) is 13.7. The van der Waals surface area contributed by atoms with Crippen LogP contribution in [0.2, 0.25) is 0 Å². The fraction of sp³-hybridized carbons (Fsp3) is 0.712. The Morgan fingerprint density at radius 1 is 0.446 bits per heavy atom. The Morgan fingerprint density at radius 2 is 0.786 bits per heavy atom. The van der Waals surface area contributed by atoms with Gasteiger partial charge in [0.1, 0.15) is 0 Å². The van der Waals surface area contributed by atoms with Gasteiger partial charge in [-0.25, -0.2) is 0 Å². The third-order valence-corrected chi connectivity index (χ3v) is 10.4. The van der Waals surface area contributed by atoms with Crippen molar-refractivity contribution < 1.29 is 15.0 Å². The molecule has 0 aromatic rings. The molecule has 0 saturated carbocycles. The number of carbonyl (C=O) groups excluding carboxylic acids is 1. The van der Waals surface area contributed by atoms with Crippen molar-refractivity contribution in [3.05, 3.63) is 85.1 Å². The first-order chi connectivity index (χ1) is 27.7. The van der Waals surface area contributed by atoms with E-state index in [4.69, 9.17) is 0 Å². The minimum atomic E-state index is -0.863. The standard InChI is InChI=1S/C52H91NO3/c1-3-5-7-9-11-13-15-17-19-21-23-25-26-28-29-31-33-35-37-39-41-43-45-47-51(55)50(49-54)53-52(56)48-46-44-42-40-38-36-34-32-30-27-24-22-20-18-16-14-12-10-8-6-4-2/h6,8,12,14,18,20,24,27,32,34,38,40,45,47,50-51,54-55H,3-5,7,9-11,13,15-17,19,21-23,25-26,28-31,33,35-37,39,41-44,46,48-49H2,1-2H3,(H,53,56)/b8-6-,14-12-,20-18-,27-24-,34-32-,40-38-,47-45+. The Bertz CT molecular complexity index is 1020. The van der Waals surface area contributed by atoms with Crippen LogP contribution in [0.3, 0.4) is 0 Å². The zero-order valence-corrected chi connectivity index (χ0v) is 36.9. The van der Waals surface area contributed by atoms with Crippen LogP contribution >= 0.6 is 0 Å². The molecule has 4 nitrogen and oxygen atoms in total. The van der Waals surface area contributed by atoms with Crippen molar-refractivity contribution in [1.29, 1.82) is 0 Å². The van der Waals surface area contributed by atoms with Crippen LogP contribution in [-0.4, -0.2) is 34.9 Å². The lowest BCUT2D eigenvalue weighted by Gasteiger charge is -2.19. The highest BCUT2D eigenvalue weighted by Gasteiger charge is 2.17. The van der Waals surface area contributed by atoms with E-state index in [1.54, 1.807) is 6.08 Å². The molecule has 0 aliphatic heterocycles. The average Bonchev–Trinajstić information content (AvgIpc) is 3.20. The summed E-state index contributed by atoms with van der Waals surface area (Å²) in [4.78, 5) is 12.4. The second kappa shape index (κ2) is 46.9. The fourth-order valence-electron chi connectivity index (χ4n) is 6.77. The third-order valence-electron chi connectivity index (χ3n) is 10.4. The van der Waals surface area contributed by atoms with Crippen LogP contribution in [0.25, 0.3) is 0 Å². The van der Waals surface area contributed by atoms with E-state index in [2.05, 4.69) is 92.1 Å². The molecule has 2 atom stereocenters. The molecule has 1 amide bonds. The molecule has 0 aliphatic carbocycles. The van der Waals surface area contributed by atoms with Gasteiger partial charge >= 0.3 is 0 Å². The van der Waals surface area contributed by atoms with Gasteiger partial charge in [0.2, 0.25) is 5.91 Å². The first-order valence-electron chi connectivity index (χ1n) is 23.8. The van der Waals surface area contributed by atoms with Crippen molar-refractivity contribution in [3.63, 3.8) is 0 Å². The number of nitrogens with one attached hydrogen (secondary N) is 1. The van der Waals surface area contributed by atoms with Crippen molar-refractivity contribution in [3.8, 4) is 0 Å². The molecule has 0 fully saturated rings. The molecule has 0 aromatic carbocycles. The summed E-state index contributed by atoms with van der Waals surface area (Å²) in [6, 6.07) is -0.651. The molecule has 0 heterocycles. The summed E-state index contributed by atoms with van der Waals surface area (Å²) < 4.78 is 0. The molecule has 56 heavy (non-hydrogen) atoms. The van der Waals surface area contributed by atoms with Gasteiger partial charge in [0, 0.05) is 6.42 Å². The lowest BCUT2D eigenvalue weighted by atomic mass is 10.0. The number of aliphatic hydroxyl groups is 2. The smallest absolute Gasteiger partial charge is 0.220 e. The monoisotopic (exact) mass is 778 g/mol. The van der Waals surface area contributed by atoms with Crippen LogP contribution < -0.4 is 5.32 Å². The van der Waals surface area contributed by atoms with Crippen LogP contribution in [0.5, 0.6) is 0 Å². The van der Waals surface area contributed by atoms with E-state index in [1.807, 2.05) is 6.08 Å². The number of hydrogen-bond acceptors (Lipinski definition) is 3. The Morgan fingerprint density at radius 3 is 1.18 bits per heavy atom. The zero-order chi connectivity index (χ0) is 40.7. The molecule has 4 heteroatoms. The summed E-state index contributed by atoms with van der Waals surface area (Å²) in [7, 11) is 0. The highest BCUT2D eigenvalue weighted by molar-refractivity contribution is 5.76. The number of rotatable bonds is 42. The van der Waals surface area contributed by atoms with Crippen molar-refractivity contribution >= 4 is 5.91 Å². The molecule has 2 unspecified atom stereocenters. The summed E-state index contributed by atoms with van der Waals surface area (Å²) in [6.45, 7) is 4.18. The zero-order valence-electron chi connectivity index (χ0n) is 36.9. The number of allylic oxidation sites excluding steroid dienone is 13. The van der Waals surface area contributed by atoms with Gasteiger partial charge in [-0.3, -0.25) is 4.79 Å². The predicted octanol–water partition coefficient (Wildman–Crippen LogP) is 15.2. The SMILES string of the molecule is CC/C=C\C/C=C\C/C=C\C/C=C\C/C=C\C/C=C\CCCCC(=O)NC(CO)C(O)/C=C/CCCCCCCCCCCCCCCCCCCCCCC. The van der Waals surface area contributed by atoms with E-state index < -0.39 is 12.1 Å². The van der Waals surface area contributed by atoms with E-state index in [-0.39, 0.29) is 12.5 Å². The largest absolute Gasteiger partial charge is 0.394 e. The van der Waals surface area contributed by atoms with E-state index in [9.17, 15) is 15.0 Å². The van der Waals surface area contributed by atoms with Gasteiger partial charge in [0.25, 0.3) is 0 Å². The second-order valence-corrected chi connectivity index (χ2v) is 15.8. The van der Waals surface area contributed by atoms with Gasteiger partial charge < -0.3 is 15.5 Å². The quantitative estimate of drug-likeness (QED) is 0.0427. The maximum Gasteiger partial charge on any atom is 0.220 e. The molecular weight excluding hydrogens is 687 g/mol. The van der Waals surface area contributed by atoms with E-state index >= 15 is 0 Å². The van der Waals surface area contributed by atoms with Gasteiger partial charge in [0.15, 0.2) is 0 Å². The minimum Gasteiger partial charge on any atom is -0.394 e. The van der Waals surface area contributed by atoms with Gasteiger partial charge in [-0.1, -0.05) is 227 Å². The summed E-state index contributed by atoms with van der Waals surface area (Å²) in [5, 5.41) is 23.0. The number of hydrogen-bond donors (Lipinski definition) is 3. The van der Waals surface area contributed by atoms with Crippen LogP contribution in [0.15, 0.2) is 85.1 Å². The summed E-state index contributed by atoms with van der Waals surface area (Å²) >= 11 is 0. The second-order valence-electron chi connectivity index (χ2n) is 15.8. The Kier molecular flexibility index (Phi) is 44.9. The van der Waals surface area contributed by atoms with Gasteiger partial charge in [-0.2, -0.15) is 0 Å².